The summed E-state index contributed by atoms with van der Waals surface area (Å²) in [6.45, 7) is 2.19. The second-order valence-electron chi connectivity index (χ2n) is 5.54. The summed E-state index contributed by atoms with van der Waals surface area (Å²) in [6.07, 6.45) is 2.40. The number of aromatic nitrogens is 3. The number of hydrogen-bond donors (Lipinski definition) is 0. The number of ether oxygens (including phenoxy) is 1. The molecule has 0 saturated heterocycles. The molecule has 27 heavy (non-hydrogen) atoms. The summed E-state index contributed by atoms with van der Waals surface area (Å²) in [5, 5.41) is 11.5. The summed E-state index contributed by atoms with van der Waals surface area (Å²) in [6, 6.07) is 7.31. The van der Waals surface area contributed by atoms with Gasteiger partial charge in [0.25, 0.3) is 0 Å². The van der Waals surface area contributed by atoms with Crippen molar-refractivity contribution in [1.29, 1.82) is 0 Å². The molecule has 0 spiro atoms. The van der Waals surface area contributed by atoms with Gasteiger partial charge >= 0.3 is 5.97 Å². The Kier molecular flexibility index (Phi) is 7.69. The zero-order valence-electron chi connectivity index (χ0n) is 15.0. The number of unbranched alkanes of at least 4 members (excludes halogenated alkanes) is 1. The zero-order valence-corrected chi connectivity index (χ0v) is 18.3. The van der Waals surface area contributed by atoms with Crippen LogP contribution >= 0.6 is 46.2 Å². The molecule has 0 bridgehead atoms. The van der Waals surface area contributed by atoms with E-state index in [0.29, 0.717) is 5.56 Å². The smallest absolute Gasteiger partial charge is 0.337 e. The molecule has 142 valence electrons. The summed E-state index contributed by atoms with van der Waals surface area (Å²) < 4.78 is 6.74. The predicted octanol–water partition coefficient (Wildman–Crippen LogP) is 5.63. The number of carbonyl (C=O) groups excluding carboxylic acids is 1. The Balaban J connectivity index is 1.56. The van der Waals surface area contributed by atoms with Crippen LogP contribution in [0.25, 0.3) is 10.6 Å². The number of thioether (sulfide) groups is 2. The van der Waals surface area contributed by atoms with Gasteiger partial charge in [-0.25, -0.2) is 9.78 Å². The highest BCUT2D eigenvalue weighted by molar-refractivity contribution is 8.02. The highest BCUT2D eigenvalue weighted by atomic mass is 32.2. The van der Waals surface area contributed by atoms with E-state index in [9.17, 15) is 4.79 Å². The van der Waals surface area contributed by atoms with Gasteiger partial charge in [0.1, 0.15) is 5.01 Å². The molecule has 3 rings (SSSR count). The molecule has 0 amide bonds. The van der Waals surface area contributed by atoms with E-state index in [4.69, 9.17) is 9.72 Å². The first kappa shape index (κ1) is 20.3. The maximum Gasteiger partial charge on any atom is 0.337 e. The summed E-state index contributed by atoms with van der Waals surface area (Å²) in [5.74, 6) is 1.53. The van der Waals surface area contributed by atoms with Gasteiger partial charge in [-0.1, -0.05) is 60.3 Å². The molecule has 0 atom stereocenters. The van der Waals surface area contributed by atoms with Crippen molar-refractivity contribution in [3.63, 3.8) is 0 Å². The van der Waals surface area contributed by atoms with Crippen LogP contribution in [0.1, 0.15) is 35.8 Å². The van der Waals surface area contributed by atoms with Gasteiger partial charge in [-0.05, 0) is 18.6 Å². The quantitative estimate of drug-likeness (QED) is 0.244. The number of thiazole rings is 1. The molecule has 3 aromatic rings. The molecular formula is C18H19N3O2S4. The van der Waals surface area contributed by atoms with Gasteiger partial charge in [0.05, 0.1) is 18.4 Å². The average molecular weight is 438 g/mol. The third-order valence-electron chi connectivity index (χ3n) is 3.56. The predicted molar refractivity (Wildman–Crippen MR) is 114 cm³/mol. The largest absolute Gasteiger partial charge is 0.465 e. The Hall–Kier alpha value is -1.42. The Labute approximate surface area is 175 Å². The van der Waals surface area contributed by atoms with Crippen LogP contribution in [0.4, 0.5) is 0 Å². The molecule has 0 N–H and O–H groups in total. The number of carbonyl (C=O) groups is 1. The van der Waals surface area contributed by atoms with E-state index in [-0.39, 0.29) is 5.97 Å². The lowest BCUT2D eigenvalue weighted by Gasteiger charge is -2.00. The van der Waals surface area contributed by atoms with E-state index in [1.165, 1.54) is 20.0 Å². The third kappa shape index (κ3) is 5.78. The molecule has 0 aliphatic heterocycles. The molecule has 9 heteroatoms. The Bertz CT molecular complexity index is 877. The standard InChI is InChI=1S/C18H19N3O2S4/c1-3-4-9-24-17-20-21-18(27-17)26-11-14-10-25-15(19-14)12-5-7-13(8-6-12)16(22)23-2/h5-8,10H,3-4,9,11H2,1-2H3. The van der Waals surface area contributed by atoms with Gasteiger partial charge in [-0.15, -0.1) is 21.5 Å². The highest BCUT2D eigenvalue weighted by Crippen LogP contribution is 2.32. The maximum atomic E-state index is 11.5. The zero-order chi connectivity index (χ0) is 19.1. The van der Waals surface area contributed by atoms with E-state index in [1.807, 2.05) is 12.1 Å². The molecular weight excluding hydrogens is 418 g/mol. The molecule has 2 heterocycles. The second kappa shape index (κ2) is 10.2. The van der Waals surface area contributed by atoms with Gasteiger partial charge in [0, 0.05) is 22.4 Å². The number of methoxy groups -OCH3 is 1. The Morgan fingerprint density at radius 3 is 2.59 bits per heavy atom. The number of esters is 1. The monoisotopic (exact) mass is 437 g/mol. The van der Waals surface area contributed by atoms with Gasteiger partial charge in [-0.3, -0.25) is 0 Å². The van der Waals surface area contributed by atoms with Crippen molar-refractivity contribution in [2.45, 2.75) is 34.2 Å². The highest BCUT2D eigenvalue weighted by Gasteiger charge is 2.10. The lowest BCUT2D eigenvalue weighted by Crippen LogP contribution is -2.00. The summed E-state index contributed by atoms with van der Waals surface area (Å²) >= 11 is 6.69. The van der Waals surface area contributed by atoms with Crippen molar-refractivity contribution in [1.82, 2.24) is 15.2 Å². The van der Waals surface area contributed by atoms with Crippen LogP contribution in [-0.2, 0) is 10.5 Å². The van der Waals surface area contributed by atoms with Crippen molar-refractivity contribution in [2.75, 3.05) is 12.9 Å². The first-order valence-electron chi connectivity index (χ1n) is 8.42. The molecule has 0 radical (unpaired) electrons. The fourth-order valence-corrected chi connectivity index (χ4v) is 6.12. The number of rotatable bonds is 9. The van der Waals surface area contributed by atoms with Crippen molar-refractivity contribution >= 4 is 52.2 Å². The van der Waals surface area contributed by atoms with E-state index in [1.54, 1.807) is 58.3 Å². The molecule has 2 aromatic heterocycles. The topological polar surface area (TPSA) is 65.0 Å². The SMILES string of the molecule is CCCCSc1nnc(SCc2csc(-c3ccc(C(=O)OC)cc3)n2)s1. The second-order valence-corrected chi connectivity index (χ2v) is 9.94. The Morgan fingerprint density at radius 2 is 1.89 bits per heavy atom. The first-order chi connectivity index (χ1) is 13.2. The van der Waals surface area contributed by atoms with Crippen LogP contribution < -0.4 is 0 Å². The van der Waals surface area contributed by atoms with Crippen molar-refractivity contribution in [3.8, 4) is 10.6 Å². The minimum Gasteiger partial charge on any atom is -0.465 e. The number of hydrogen-bond acceptors (Lipinski definition) is 9. The van der Waals surface area contributed by atoms with Crippen LogP contribution in [0.15, 0.2) is 38.3 Å². The third-order valence-corrected chi connectivity index (χ3v) is 7.81. The van der Waals surface area contributed by atoms with Gasteiger partial charge in [0.15, 0.2) is 8.68 Å². The van der Waals surface area contributed by atoms with Crippen LogP contribution in [0, 0.1) is 0 Å². The molecule has 0 unspecified atom stereocenters. The summed E-state index contributed by atoms with van der Waals surface area (Å²) in [4.78, 5) is 16.2. The molecule has 0 saturated carbocycles. The molecule has 5 nitrogen and oxygen atoms in total. The van der Waals surface area contributed by atoms with Gasteiger partial charge < -0.3 is 4.74 Å². The summed E-state index contributed by atoms with van der Waals surface area (Å²) in [5.41, 5.74) is 2.55. The van der Waals surface area contributed by atoms with Gasteiger partial charge in [-0.2, -0.15) is 0 Å². The maximum absolute atomic E-state index is 11.5. The minimum absolute atomic E-state index is 0.331. The van der Waals surface area contributed by atoms with Crippen molar-refractivity contribution < 1.29 is 9.53 Å². The number of nitrogens with zero attached hydrogens (tertiary/aromatic N) is 3. The van der Waals surface area contributed by atoms with Crippen LogP contribution in [0.5, 0.6) is 0 Å². The van der Waals surface area contributed by atoms with E-state index < -0.39 is 0 Å². The van der Waals surface area contributed by atoms with Crippen LogP contribution in [0.3, 0.4) is 0 Å². The van der Waals surface area contributed by atoms with Crippen LogP contribution in [0.2, 0.25) is 0 Å². The Morgan fingerprint density at radius 1 is 1.15 bits per heavy atom. The van der Waals surface area contributed by atoms with E-state index >= 15 is 0 Å². The first-order valence-corrected chi connectivity index (χ1v) is 12.1. The summed E-state index contributed by atoms with van der Waals surface area (Å²) in [7, 11) is 1.38. The molecule has 0 fully saturated rings. The minimum atomic E-state index is -0.331. The molecule has 0 aliphatic carbocycles. The van der Waals surface area contributed by atoms with Crippen molar-refractivity contribution in [2.24, 2.45) is 0 Å². The fraction of sp³-hybridized carbons (Fsp3) is 0.333. The lowest BCUT2D eigenvalue weighted by atomic mass is 10.1. The fourth-order valence-electron chi connectivity index (χ4n) is 2.13. The van der Waals surface area contributed by atoms with Crippen molar-refractivity contribution in [3.05, 3.63) is 40.9 Å². The van der Waals surface area contributed by atoms with Gasteiger partial charge in [0.2, 0.25) is 0 Å². The molecule has 0 aliphatic rings. The van der Waals surface area contributed by atoms with E-state index in [0.717, 1.165) is 36.5 Å². The average Bonchev–Trinajstić information content (AvgIpc) is 3.35. The lowest BCUT2D eigenvalue weighted by molar-refractivity contribution is 0.0601. The molecule has 1 aromatic carbocycles. The number of benzene rings is 1. The van der Waals surface area contributed by atoms with Crippen LogP contribution in [-0.4, -0.2) is 34.0 Å². The van der Waals surface area contributed by atoms with E-state index in [2.05, 4.69) is 22.5 Å². The normalized spacial score (nSPS) is 10.9.